The van der Waals surface area contributed by atoms with E-state index in [1.54, 1.807) is 0 Å². The summed E-state index contributed by atoms with van der Waals surface area (Å²) in [5.41, 5.74) is 0. The summed E-state index contributed by atoms with van der Waals surface area (Å²) in [4.78, 5) is 6.72. The van der Waals surface area contributed by atoms with Gasteiger partial charge in [-0.2, -0.15) is 11.8 Å². The van der Waals surface area contributed by atoms with Gasteiger partial charge in [-0.1, -0.05) is 0 Å². The number of benzene rings is 1. The minimum absolute atomic E-state index is 0.263. The summed E-state index contributed by atoms with van der Waals surface area (Å²) < 4.78 is 16.7. The highest BCUT2D eigenvalue weighted by Gasteiger charge is 2.28. The third-order valence-electron chi connectivity index (χ3n) is 3.93. The first kappa shape index (κ1) is 17.1. The summed E-state index contributed by atoms with van der Waals surface area (Å²) in [7, 11) is 1.83. The van der Waals surface area contributed by atoms with E-state index in [1.165, 1.54) is 0 Å². The molecule has 1 N–H and O–H groups in total. The fourth-order valence-corrected chi connectivity index (χ4v) is 3.94. The third kappa shape index (κ3) is 4.20. The van der Waals surface area contributed by atoms with E-state index in [4.69, 9.17) is 14.2 Å². The topological polar surface area (TPSA) is 55.3 Å². The number of thioether (sulfide) groups is 1. The molecule has 1 saturated heterocycles. The maximum absolute atomic E-state index is 5.78. The van der Waals surface area contributed by atoms with E-state index in [0.29, 0.717) is 13.2 Å². The summed E-state index contributed by atoms with van der Waals surface area (Å²) in [5.74, 6) is 4.36. The number of rotatable bonds is 4. The molecule has 0 aliphatic carbocycles. The first-order chi connectivity index (χ1) is 11.6. The molecule has 0 bridgehead atoms. The summed E-state index contributed by atoms with van der Waals surface area (Å²) in [6, 6.07) is 5.63. The number of aliphatic imine (C=N–C) groups is 1. The first-order valence-electron chi connectivity index (χ1n) is 8.19. The average molecular weight is 351 g/mol. The lowest BCUT2D eigenvalue weighted by molar-refractivity contribution is 0.173. The molecule has 1 aromatic carbocycles. The Hall–Kier alpha value is -1.76. The number of nitrogens with zero attached hydrogens (tertiary/aromatic N) is 2. The second-order valence-electron chi connectivity index (χ2n) is 6.37. The van der Waals surface area contributed by atoms with Crippen LogP contribution in [0.1, 0.15) is 13.8 Å². The molecule has 0 saturated carbocycles. The van der Waals surface area contributed by atoms with Crippen LogP contribution in [0.4, 0.5) is 0 Å². The molecule has 2 aliphatic heterocycles. The zero-order chi connectivity index (χ0) is 17.0. The lowest BCUT2D eigenvalue weighted by Crippen LogP contribution is -2.51. The van der Waals surface area contributed by atoms with Gasteiger partial charge in [0.2, 0.25) is 6.79 Å². The van der Waals surface area contributed by atoms with Gasteiger partial charge in [0.05, 0.1) is 6.54 Å². The second kappa shape index (κ2) is 7.42. The van der Waals surface area contributed by atoms with Crippen molar-refractivity contribution in [1.29, 1.82) is 0 Å². The molecule has 0 aromatic heterocycles. The van der Waals surface area contributed by atoms with Crippen LogP contribution in [0.5, 0.6) is 17.2 Å². The molecule has 132 valence electrons. The molecular formula is C17H25N3O3S. The average Bonchev–Trinajstić information content (AvgIpc) is 3.01. The zero-order valence-electron chi connectivity index (χ0n) is 14.5. The number of hydrogen-bond donors (Lipinski definition) is 1. The fraction of sp³-hybridized carbons (Fsp3) is 0.588. The number of fused-ring (bicyclic) bond motifs is 1. The third-order valence-corrected chi connectivity index (χ3v) is 5.23. The van der Waals surface area contributed by atoms with Crippen LogP contribution in [-0.4, -0.2) is 61.4 Å². The Labute approximate surface area is 147 Å². The van der Waals surface area contributed by atoms with Gasteiger partial charge in [0.15, 0.2) is 17.5 Å². The van der Waals surface area contributed by atoms with Crippen molar-refractivity contribution >= 4 is 17.7 Å². The van der Waals surface area contributed by atoms with Gasteiger partial charge in [0.25, 0.3) is 0 Å². The van der Waals surface area contributed by atoms with Gasteiger partial charge >= 0.3 is 0 Å². The van der Waals surface area contributed by atoms with Crippen molar-refractivity contribution in [3.05, 3.63) is 18.2 Å². The quantitative estimate of drug-likeness (QED) is 0.510. The molecule has 7 heteroatoms. The van der Waals surface area contributed by atoms with Crippen molar-refractivity contribution in [2.24, 2.45) is 4.99 Å². The highest BCUT2D eigenvalue weighted by atomic mass is 32.2. The Balaban J connectivity index is 1.45. The monoisotopic (exact) mass is 351 g/mol. The smallest absolute Gasteiger partial charge is 0.231 e. The number of ether oxygens (including phenoxy) is 3. The molecule has 24 heavy (non-hydrogen) atoms. The maximum atomic E-state index is 5.78. The predicted octanol–water partition coefficient (Wildman–Crippen LogP) is 2.20. The molecule has 0 amide bonds. The lowest BCUT2D eigenvalue weighted by atomic mass is 10.2. The van der Waals surface area contributed by atoms with Crippen LogP contribution in [0.2, 0.25) is 0 Å². The van der Waals surface area contributed by atoms with Gasteiger partial charge in [0.1, 0.15) is 12.4 Å². The van der Waals surface area contributed by atoms with Crippen LogP contribution in [0, 0.1) is 0 Å². The minimum atomic E-state index is 0.263. The van der Waals surface area contributed by atoms with E-state index in [0.717, 1.165) is 42.1 Å². The van der Waals surface area contributed by atoms with Crippen LogP contribution in [0.25, 0.3) is 0 Å². The van der Waals surface area contributed by atoms with E-state index in [9.17, 15) is 0 Å². The minimum Gasteiger partial charge on any atom is -0.492 e. The lowest BCUT2D eigenvalue weighted by Gasteiger charge is -2.39. The molecule has 0 atom stereocenters. The van der Waals surface area contributed by atoms with Gasteiger partial charge in [-0.15, -0.1) is 0 Å². The van der Waals surface area contributed by atoms with Crippen molar-refractivity contribution in [3.63, 3.8) is 0 Å². The highest BCUT2D eigenvalue weighted by Crippen LogP contribution is 2.35. The summed E-state index contributed by atoms with van der Waals surface area (Å²) in [6.07, 6.45) is 0. The van der Waals surface area contributed by atoms with E-state index in [1.807, 2.05) is 37.0 Å². The first-order valence-corrected chi connectivity index (χ1v) is 9.18. The van der Waals surface area contributed by atoms with Crippen molar-refractivity contribution < 1.29 is 14.2 Å². The molecule has 0 unspecified atom stereocenters. The molecule has 1 aromatic rings. The van der Waals surface area contributed by atoms with Crippen LogP contribution < -0.4 is 19.5 Å². The van der Waals surface area contributed by atoms with E-state index < -0.39 is 0 Å². The SMILES string of the molecule is CN=C(NCCOc1ccc2c(c1)OCO2)N1CCSC(C)(C)C1. The number of guanidine groups is 1. The van der Waals surface area contributed by atoms with Crippen molar-refractivity contribution in [2.75, 3.05) is 45.8 Å². The summed E-state index contributed by atoms with van der Waals surface area (Å²) in [6.45, 7) is 8.12. The van der Waals surface area contributed by atoms with Gasteiger partial charge in [-0.25, -0.2) is 0 Å². The Morgan fingerprint density at radius 3 is 3.00 bits per heavy atom. The van der Waals surface area contributed by atoms with E-state index in [2.05, 4.69) is 29.1 Å². The van der Waals surface area contributed by atoms with E-state index >= 15 is 0 Å². The fourth-order valence-electron chi connectivity index (χ4n) is 2.83. The molecule has 0 spiro atoms. The number of nitrogens with one attached hydrogen (secondary N) is 1. The maximum Gasteiger partial charge on any atom is 0.231 e. The molecule has 0 radical (unpaired) electrons. The van der Waals surface area contributed by atoms with Crippen molar-refractivity contribution in [3.8, 4) is 17.2 Å². The highest BCUT2D eigenvalue weighted by molar-refractivity contribution is 8.00. The van der Waals surface area contributed by atoms with Gasteiger partial charge in [-0.05, 0) is 26.0 Å². The van der Waals surface area contributed by atoms with Crippen LogP contribution in [0.15, 0.2) is 23.2 Å². The molecular weight excluding hydrogens is 326 g/mol. The van der Waals surface area contributed by atoms with E-state index in [-0.39, 0.29) is 11.5 Å². The van der Waals surface area contributed by atoms with Crippen molar-refractivity contribution in [1.82, 2.24) is 10.2 Å². The van der Waals surface area contributed by atoms with Gasteiger partial charge in [-0.3, -0.25) is 4.99 Å². The molecule has 6 nitrogen and oxygen atoms in total. The number of hydrogen-bond acceptors (Lipinski definition) is 5. The van der Waals surface area contributed by atoms with Crippen LogP contribution in [0.3, 0.4) is 0 Å². The van der Waals surface area contributed by atoms with Crippen LogP contribution in [-0.2, 0) is 0 Å². The van der Waals surface area contributed by atoms with Gasteiger partial charge < -0.3 is 24.4 Å². The zero-order valence-corrected chi connectivity index (χ0v) is 15.3. The summed E-state index contributed by atoms with van der Waals surface area (Å²) >= 11 is 2.02. The normalized spacial score (nSPS) is 19.3. The Kier molecular flexibility index (Phi) is 5.28. The predicted molar refractivity (Wildman–Crippen MR) is 97.5 cm³/mol. The standard InChI is InChI=1S/C17H25N3O3S/c1-17(2)11-20(7-9-24-17)16(18-3)19-6-8-21-13-4-5-14-15(10-13)23-12-22-14/h4-5,10H,6-9,11-12H2,1-3H3,(H,18,19). The Morgan fingerprint density at radius 2 is 2.21 bits per heavy atom. The van der Waals surface area contributed by atoms with Crippen molar-refractivity contribution in [2.45, 2.75) is 18.6 Å². The second-order valence-corrected chi connectivity index (χ2v) is 8.17. The molecule has 2 heterocycles. The molecule has 1 fully saturated rings. The molecule has 3 rings (SSSR count). The van der Waals surface area contributed by atoms with Gasteiger partial charge in [0, 0.05) is 36.7 Å². The Bertz CT molecular complexity index is 607. The van der Waals surface area contributed by atoms with Crippen LogP contribution >= 0.6 is 11.8 Å². The Morgan fingerprint density at radius 1 is 1.38 bits per heavy atom. The molecule has 2 aliphatic rings. The summed E-state index contributed by atoms with van der Waals surface area (Å²) in [5, 5.41) is 3.39. The largest absolute Gasteiger partial charge is 0.492 e.